The zero-order chi connectivity index (χ0) is 11.7. The predicted octanol–water partition coefficient (Wildman–Crippen LogP) is 2.53. The van der Waals surface area contributed by atoms with Crippen LogP contribution in [0.2, 0.25) is 0 Å². The van der Waals surface area contributed by atoms with Crippen LogP contribution in [0.25, 0.3) is 0 Å². The molecule has 88 valence electrons. The molecule has 1 N–H and O–H groups in total. The molecule has 0 aliphatic heterocycles. The van der Waals surface area contributed by atoms with E-state index in [1.807, 2.05) is 11.9 Å². The number of nitrogens with zero attached hydrogens (tertiary/aromatic N) is 1. The van der Waals surface area contributed by atoms with Gasteiger partial charge in [-0.2, -0.15) is 0 Å². The summed E-state index contributed by atoms with van der Waals surface area (Å²) in [6, 6.07) is 2.01. The van der Waals surface area contributed by atoms with Crippen molar-refractivity contribution in [3.05, 3.63) is 21.9 Å². The Hall–Kier alpha value is -0.870. The van der Waals surface area contributed by atoms with E-state index >= 15 is 0 Å². The summed E-state index contributed by atoms with van der Waals surface area (Å²) >= 11 is 1.79. The highest BCUT2D eigenvalue weighted by atomic mass is 32.1. The zero-order valence-electron chi connectivity index (χ0n) is 9.64. The molecule has 2 atom stereocenters. The van der Waals surface area contributed by atoms with Crippen LogP contribution in [-0.4, -0.2) is 29.1 Å². The second kappa shape index (κ2) is 4.55. The van der Waals surface area contributed by atoms with Gasteiger partial charge in [-0.1, -0.05) is 0 Å². The van der Waals surface area contributed by atoms with E-state index in [1.54, 1.807) is 18.3 Å². The van der Waals surface area contributed by atoms with Gasteiger partial charge in [0.15, 0.2) is 0 Å². The average molecular weight is 239 g/mol. The molecule has 1 aliphatic carbocycles. The highest BCUT2D eigenvalue weighted by Crippen LogP contribution is 2.37. The van der Waals surface area contributed by atoms with Crippen LogP contribution >= 0.6 is 11.3 Å². The number of carboxylic acid groups (broad SMARTS) is 1. The third-order valence-electron chi connectivity index (χ3n) is 3.48. The number of fused-ring (bicyclic) bond motifs is 1. The maximum atomic E-state index is 11.0. The van der Waals surface area contributed by atoms with Gasteiger partial charge in [-0.05, 0) is 50.2 Å². The van der Waals surface area contributed by atoms with Gasteiger partial charge in [0.1, 0.15) is 6.04 Å². The van der Waals surface area contributed by atoms with E-state index in [4.69, 9.17) is 5.11 Å². The van der Waals surface area contributed by atoms with Crippen molar-refractivity contribution in [2.75, 3.05) is 7.05 Å². The minimum Gasteiger partial charge on any atom is -0.480 e. The quantitative estimate of drug-likeness (QED) is 0.881. The molecule has 0 fully saturated rings. The lowest BCUT2D eigenvalue weighted by Crippen LogP contribution is -2.39. The predicted molar refractivity (Wildman–Crippen MR) is 64.9 cm³/mol. The number of carbonyl (C=O) groups is 1. The SMILES string of the molecule is CC(C(=O)O)N(C)C1CCCc2sccc21. The normalized spacial score (nSPS) is 21.8. The van der Waals surface area contributed by atoms with Crippen LogP contribution in [0.15, 0.2) is 11.4 Å². The average Bonchev–Trinajstić information content (AvgIpc) is 2.74. The summed E-state index contributed by atoms with van der Waals surface area (Å²) in [6.45, 7) is 1.75. The molecule has 1 aromatic rings. The minimum absolute atomic E-state index is 0.279. The Morgan fingerprint density at radius 2 is 2.44 bits per heavy atom. The molecule has 1 aliphatic rings. The first-order chi connectivity index (χ1) is 7.61. The summed E-state index contributed by atoms with van der Waals surface area (Å²) < 4.78 is 0. The van der Waals surface area contributed by atoms with Gasteiger partial charge in [0, 0.05) is 10.9 Å². The fraction of sp³-hybridized carbons (Fsp3) is 0.583. The number of carboxylic acids is 1. The topological polar surface area (TPSA) is 40.5 Å². The largest absolute Gasteiger partial charge is 0.480 e. The number of thiophene rings is 1. The summed E-state index contributed by atoms with van der Waals surface area (Å²) in [7, 11) is 1.91. The van der Waals surface area contributed by atoms with E-state index in [9.17, 15) is 4.79 Å². The molecule has 0 amide bonds. The number of aliphatic carboxylic acids is 1. The molecule has 16 heavy (non-hydrogen) atoms. The van der Waals surface area contributed by atoms with Gasteiger partial charge in [-0.25, -0.2) is 0 Å². The van der Waals surface area contributed by atoms with Gasteiger partial charge in [-0.15, -0.1) is 11.3 Å². The summed E-state index contributed by atoms with van der Waals surface area (Å²) in [4.78, 5) is 14.4. The van der Waals surface area contributed by atoms with Crippen LogP contribution in [0.1, 0.15) is 36.2 Å². The summed E-state index contributed by atoms with van der Waals surface area (Å²) in [6.07, 6.45) is 3.38. The van der Waals surface area contributed by atoms with Crippen LogP contribution in [0.5, 0.6) is 0 Å². The number of hydrogen-bond acceptors (Lipinski definition) is 3. The van der Waals surface area contributed by atoms with Gasteiger partial charge < -0.3 is 5.11 Å². The van der Waals surface area contributed by atoms with Gasteiger partial charge in [0.2, 0.25) is 0 Å². The molecular weight excluding hydrogens is 222 g/mol. The minimum atomic E-state index is -0.746. The highest BCUT2D eigenvalue weighted by Gasteiger charge is 2.29. The van der Waals surface area contributed by atoms with Crippen molar-refractivity contribution in [2.24, 2.45) is 0 Å². The lowest BCUT2D eigenvalue weighted by atomic mass is 9.92. The molecule has 0 saturated carbocycles. The number of hydrogen-bond donors (Lipinski definition) is 1. The van der Waals surface area contributed by atoms with Crippen LogP contribution in [0, 0.1) is 0 Å². The summed E-state index contributed by atoms with van der Waals surface area (Å²) in [5.41, 5.74) is 1.34. The lowest BCUT2D eigenvalue weighted by Gasteiger charge is -2.33. The molecule has 0 saturated heterocycles. The van der Waals surface area contributed by atoms with Gasteiger partial charge in [-0.3, -0.25) is 9.69 Å². The molecular formula is C12H17NO2S. The molecule has 0 radical (unpaired) electrons. The Bertz CT molecular complexity index is 388. The van der Waals surface area contributed by atoms with Gasteiger partial charge in [0.25, 0.3) is 0 Å². The molecule has 0 bridgehead atoms. The van der Waals surface area contributed by atoms with Crippen molar-refractivity contribution in [1.29, 1.82) is 0 Å². The number of aryl methyl sites for hydroxylation is 1. The monoisotopic (exact) mass is 239 g/mol. The van der Waals surface area contributed by atoms with E-state index in [2.05, 4.69) is 11.4 Å². The van der Waals surface area contributed by atoms with Crippen molar-refractivity contribution < 1.29 is 9.90 Å². The van der Waals surface area contributed by atoms with E-state index in [-0.39, 0.29) is 6.04 Å². The third-order valence-corrected chi connectivity index (χ3v) is 4.48. The van der Waals surface area contributed by atoms with Gasteiger partial charge >= 0.3 is 5.97 Å². The maximum Gasteiger partial charge on any atom is 0.320 e. The zero-order valence-corrected chi connectivity index (χ0v) is 10.5. The molecule has 4 heteroatoms. The Labute approximate surface area is 99.7 Å². The first-order valence-corrected chi connectivity index (χ1v) is 6.50. The van der Waals surface area contributed by atoms with Crippen molar-refractivity contribution >= 4 is 17.3 Å². The Morgan fingerprint density at radius 1 is 1.69 bits per heavy atom. The molecule has 1 heterocycles. The Balaban J connectivity index is 2.21. The van der Waals surface area contributed by atoms with Gasteiger partial charge in [0.05, 0.1) is 0 Å². The number of rotatable bonds is 3. The van der Waals surface area contributed by atoms with Crippen molar-refractivity contribution in [1.82, 2.24) is 4.90 Å². The molecule has 2 rings (SSSR count). The smallest absolute Gasteiger partial charge is 0.320 e. The Kier molecular flexibility index (Phi) is 3.30. The fourth-order valence-corrected chi connectivity index (χ4v) is 3.31. The standard InChI is InChI=1S/C12H17NO2S/c1-8(12(14)15)13(2)10-4-3-5-11-9(10)6-7-16-11/h6-8,10H,3-5H2,1-2H3,(H,14,15). The second-order valence-corrected chi connectivity index (χ2v) is 5.39. The fourth-order valence-electron chi connectivity index (χ4n) is 2.33. The summed E-state index contributed by atoms with van der Waals surface area (Å²) in [5, 5.41) is 11.2. The van der Waals surface area contributed by atoms with Crippen LogP contribution in [0.3, 0.4) is 0 Å². The molecule has 0 spiro atoms. The van der Waals surface area contributed by atoms with E-state index < -0.39 is 12.0 Å². The molecule has 3 nitrogen and oxygen atoms in total. The Morgan fingerprint density at radius 3 is 3.12 bits per heavy atom. The van der Waals surface area contributed by atoms with E-state index in [1.165, 1.54) is 10.4 Å². The van der Waals surface area contributed by atoms with Crippen molar-refractivity contribution in [3.8, 4) is 0 Å². The van der Waals surface area contributed by atoms with E-state index in [0.717, 1.165) is 19.3 Å². The second-order valence-electron chi connectivity index (χ2n) is 4.39. The van der Waals surface area contributed by atoms with Crippen molar-refractivity contribution in [3.63, 3.8) is 0 Å². The first kappa shape index (κ1) is 11.6. The van der Waals surface area contributed by atoms with Crippen LogP contribution in [-0.2, 0) is 11.2 Å². The molecule has 2 unspecified atom stereocenters. The lowest BCUT2D eigenvalue weighted by molar-refractivity contribution is -0.143. The molecule has 0 aromatic carbocycles. The highest BCUT2D eigenvalue weighted by molar-refractivity contribution is 7.10. The van der Waals surface area contributed by atoms with Crippen LogP contribution in [0.4, 0.5) is 0 Å². The third kappa shape index (κ3) is 1.99. The first-order valence-electron chi connectivity index (χ1n) is 5.62. The van der Waals surface area contributed by atoms with E-state index in [0.29, 0.717) is 0 Å². The van der Waals surface area contributed by atoms with Crippen LogP contribution < -0.4 is 0 Å². The number of likely N-dealkylation sites (N-methyl/N-ethyl adjacent to an activating group) is 1. The summed E-state index contributed by atoms with van der Waals surface area (Å²) in [5.74, 6) is -0.746. The molecule has 1 aromatic heterocycles. The maximum absolute atomic E-state index is 11.0. The van der Waals surface area contributed by atoms with Crippen molar-refractivity contribution in [2.45, 2.75) is 38.3 Å².